The van der Waals surface area contributed by atoms with Gasteiger partial charge in [0.2, 0.25) is 5.95 Å². The van der Waals surface area contributed by atoms with Crippen molar-refractivity contribution in [3.8, 4) is 17.0 Å². The zero-order valence-corrected chi connectivity index (χ0v) is 18.2. The number of benzene rings is 1. The summed E-state index contributed by atoms with van der Waals surface area (Å²) in [6.07, 6.45) is 3.70. The summed E-state index contributed by atoms with van der Waals surface area (Å²) in [4.78, 5) is 11.5. The number of piperidine rings is 1. The third kappa shape index (κ3) is 5.05. The molecular formula is C23H33N5O. The Hall–Kier alpha value is -2.63. The van der Waals surface area contributed by atoms with Gasteiger partial charge in [-0.1, -0.05) is 20.8 Å². The van der Waals surface area contributed by atoms with Gasteiger partial charge in [-0.15, -0.1) is 0 Å². The third-order valence-corrected chi connectivity index (χ3v) is 5.31. The van der Waals surface area contributed by atoms with Crippen molar-refractivity contribution >= 4 is 11.8 Å². The molecule has 2 aromatic rings. The number of aromatic nitrogens is 2. The molecule has 1 fully saturated rings. The maximum absolute atomic E-state index is 7.65. The summed E-state index contributed by atoms with van der Waals surface area (Å²) in [6, 6.07) is 8.26. The number of hydrogen-bond donors (Lipinski definition) is 2. The average molecular weight is 396 g/mol. The van der Waals surface area contributed by atoms with Crippen LogP contribution in [0.15, 0.2) is 30.5 Å². The van der Waals surface area contributed by atoms with E-state index in [-0.39, 0.29) is 23.3 Å². The van der Waals surface area contributed by atoms with E-state index in [1.807, 2.05) is 26.1 Å². The summed E-state index contributed by atoms with van der Waals surface area (Å²) >= 11 is 0. The van der Waals surface area contributed by atoms with Crippen molar-refractivity contribution in [2.75, 3.05) is 18.0 Å². The molecule has 0 atom stereocenters. The second kappa shape index (κ2) is 8.39. The van der Waals surface area contributed by atoms with Crippen LogP contribution >= 0.6 is 0 Å². The van der Waals surface area contributed by atoms with E-state index in [0.29, 0.717) is 0 Å². The standard InChI is InChI=1S/C23H33N5O/c1-15(2)29-20-7-6-17(14-18(20)23(3,4)5)19-8-11-26-22(27-19)28-12-9-16(10-13-28)21(24)25/h6-8,11,14-16H,9-10,12-13H2,1-5H3,(H3,24,25). The quantitative estimate of drug-likeness (QED) is 0.579. The minimum atomic E-state index is -0.0370. The molecule has 1 aliphatic heterocycles. The summed E-state index contributed by atoms with van der Waals surface area (Å²) in [6.45, 7) is 12.3. The first-order valence-electron chi connectivity index (χ1n) is 10.4. The molecule has 1 aromatic heterocycles. The lowest BCUT2D eigenvalue weighted by molar-refractivity contribution is 0.236. The lowest BCUT2D eigenvalue weighted by Crippen LogP contribution is -2.39. The molecule has 0 spiro atoms. The minimum absolute atomic E-state index is 0.0370. The van der Waals surface area contributed by atoms with E-state index < -0.39 is 0 Å². The number of anilines is 1. The van der Waals surface area contributed by atoms with E-state index >= 15 is 0 Å². The molecule has 29 heavy (non-hydrogen) atoms. The highest BCUT2D eigenvalue weighted by atomic mass is 16.5. The summed E-state index contributed by atoms with van der Waals surface area (Å²) in [5.41, 5.74) is 8.77. The van der Waals surface area contributed by atoms with E-state index in [1.54, 1.807) is 0 Å². The Morgan fingerprint density at radius 1 is 1.21 bits per heavy atom. The predicted octanol–water partition coefficient (Wildman–Crippen LogP) is 4.38. The van der Waals surface area contributed by atoms with Gasteiger partial charge in [-0.2, -0.15) is 0 Å². The first-order chi connectivity index (χ1) is 13.6. The van der Waals surface area contributed by atoms with Crippen molar-refractivity contribution in [2.45, 2.75) is 59.0 Å². The normalized spacial score (nSPS) is 15.6. The number of amidine groups is 1. The van der Waals surface area contributed by atoms with Crippen LogP contribution in [0.2, 0.25) is 0 Å². The Balaban J connectivity index is 1.88. The molecule has 0 amide bonds. The van der Waals surface area contributed by atoms with Crippen LogP contribution < -0.4 is 15.4 Å². The Morgan fingerprint density at radius 3 is 2.48 bits per heavy atom. The fraction of sp³-hybridized carbons (Fsp3) is 0.522. The molecule has 0 aliphatic carbocycles. The maximum atomic E-state index is 7.65. The van der Waals surface area contributed by atoms with Crippen LogP contribution in [0, 0.1) is 11.3 Å². The Labute approximate surface area is 174 Å². The zero-order chi connectivity index (χ0) is 21.2. The highest BCUT2D eigenvalue weighted by Crippen LogP contribution is 2.35. The van der Waals surface area contributed by atoms with E-state index in [9.17, 15) is 0 Å². The van der Waals surface area contributed by atoms with Crippen molar-refractivity contribution in [3.05, 3.63) is 36.0 Å². The first kappa shape index (κ1) is 21.1. The van der Waals surface area contributed by atoms with Crippen LogP contribution in [0.3, 0.4) is 0 Å². The van der Waals surface area contributed by atoms with Crippen molar-refractivity contribution in [2.24, 2.45) is 11.7 Å². The summed E-state index contributed by atoms with van der Waals surface area (Å²) < 4.78 is 6.04. The molecule has 6 heteroatoms. The van der Waals surface area contributed by atoms with Gasteiger partial charge in [0.1, 0.15) is 5.75 Å². The van der Waals surface area contributed by atoms with Gasteiger partial charge < -0.3 is 15.4 Å². The van der Waals surface area contributed by atoms with Crippen LogP contribution in [0.5, 0.6) is 5.75 Å². The number of nitrogens with zero attached hydrogens (tertiary/aromatic N) is 3. The topological polar surface area (TPSA) is 88.1 Å². The smallest absolute Gasteiger partial charge is 0.225 e. The van der Waals surface area contributed by atoms with E-state index in [0.717, 1.165) is 48.9 Å². The predicted molar refractivity (Wildman–Crippen MR) is 119 cm³/mol. The van der Waals surface area contributed by atoms with Crippen LogP contribution in [0.25, 0.3) is 11.3 Å². The monoisotopic (exact) mass is 395 g/mol. The second-order valence-corrected chi connectivity index (χ2v) is 9.09. The molecule has 0 radical (unpaired) electrons. The Bertz CT molecular complexity index is 864. The summed E-state index contributed by atoms with van der Waals surface area (Å²) in [7, 11) is 0. The SMILES string of the molecule is CC(C)Oc1ccc(-c2ccnc(N3CCC(C(=N)N)CC3)n2)cc1C(C)(C)C. The molecule has 3 rings (SSSR count). The van der Waals surface area contributed by atoms with Gasteiger partial charge in [0.05, 0.1) is 17.6 Å². The number of nitrogens with two attached hydrogens (primary N) is 1. The van der Waals surface area contributed by atoms with Gasteiger partial charge in [-0.25, -0.2) is 9.97 Å². The minimum Gasteiger partial charge on any atom is -0.491 e. The van der Waals surface area contributed by atoms with Gasteiger partial charge in [0.15, 0.2) is 0 Å². The van der Waals surface area contributed by atoms with Gasteiger partial charge >= 0.3 is 0 Å². The highest BCUT2D eigenvalue weighted by molar-refractivity contribution is 5.79. The van der Waals surface area contributed by atoms with Gasteiger partial charge in [0, 0.05) is 36.3 Å². The molecule has 1 aliphatic rings. The lowest BCUT2D eigenvalue weighted by Gasteiger charge is -2.31. The summed E-state index contributed by atoms with van der Waals surface area (Å²) in [5, 5.41) is 7.65. The average Bonchev–Trinajstić information content (AvgIpc) is 2.67. The number of rotatable bonds is 5. The van der Waals surface area contributed by atoms with Gasteiger partial charge in [-0.3, -0.25) is 5.41 Å². The third-order valence-electron chi connectivity index (χ3n) is 5.31. The van der Waals surface area contributed by atoms with Crippen molar-refractivity contribution < 1.29 is 4.74 Å². The van der Waals surface area contributed by atoms with Gasteiger partial charge in [-0.05, 0) is 56.4 Å². The Kier molecular flexibility index (Phi) is 6.10. The summed E-state index contributed by atoms with van der Waals surface area (Å²) in [5.74, 6) is 2.14. The molecule has 1 aromatic carbocycles. The van der Waals surface area contributed by atoms with E-state index in [2.05, 4.69) is 48.9 Å². The molecule has 0 bridgehead atoms. The Morgan fingerprint density at radius 2 is 1.90 bits per heavy atom. The second-order valence-electron chi connectivity index (χ2n) is 9.09. The number of nitrogens with one attached hydrogen (secondary N) is 1. The van der Waals surface area contributed by atoms with Crippen molar-refractivity contribution in [1.82, 2.24) is 9.97 Å². The number of hydrogen-bond acceptors (Lipinski definition) is 5. The number of ether oxygens (including phenoxy) is 1. The van der Waals surface area contributed by atoms with Gasteiger partial charge in [0.25, 0.3) is 0 Å². The van der Waals surface area contributed by atoms with Crippen LogP contribution in [-0.2, 0) is 5.41 Å². The van der Waals surface area contributed by atoms with Crippen LogP contribution in [0.1, 0.15) is 53.0 Å². The van der Waals surface area contributed by atoms with Crippen LogP contribution in [-0.4, -0.2) is 35.0 Å². The van der Waals surface area contributed by atoms with E-state index in [4.69, 9.17) is 20.9 Å². The first-order valence-corrected chi connectivity index (χ1v) is 10.4. The van der Waals surface area contributed by atoms with Crippen molar-refractivity contribution in [1.29, 1.82) is 5.41 Å². The molecular weight excluding hydrogens is 362 g/mol. The molecule has 3 N–H and O–H groups in total. The maximum Gasteiger partial charge on any atom is 0.225 e. The lowest BCUT2D eigenvalue weighted by atomic mass is 9.85. The molecule has 0 saturated carbocycles. The van der Waals surface area contributed by atoms with E-state index in [1.165, 1.54) is 5.56 Å². The largest absolute Gasteiger partial charge is 0.491 e. The molecule has 6 nitrogen and oxygen atoms in total. The molecule has 1 saturated heterocycles. The van der Waals surface area contributed by atoms with Crippen molar-refractivity contribution in [3.63, 3.8) is 0 Å². The fourth-order valence-electron chi connectivity index (χ4n) is 3.68. The molecule has 156 valence electrons. The fourth-order valence-corrected chi connectivity index (χ4v) is 3.68. The van der Waals surface area contributed by atoms with Crippen LogP contribution in [0.4, 0.5) is 5.95 Å². The zero-order valence-electron chi connectivity index (χ0n) is 18.2. The molecule has 2 heterocycles. The highest BCUT2D eigenvalue weighted by Gasteiger charge is 2.24. The molecule has 0 unspecified atom stereocenters.